The Balaban J connectivity index is 0.000000402. The fourth-order valence-electron chi connectivity index (χ4n) is 3.47. The van der Waals surface area contributed by atoms with Gasteiger partial charge in [-0.25, -0.2) is 18.8 Å². The number of carbonyl (C=O) groups excluding carboxylic acids is 2. The molecule has 0 fully saturated rings. The highest BCUT2D eigenvalue weighted by Gasteiger charge is 2.14. The molecule has 194 valence electrons. The summed E-state index contributed by atoms with van der Waals surface area (Å²) in [6, 6.07) is 18.7. The molecule has 1 N–H and O–H groups in total. The normalized spacial score (nSPS) is 10.1. The summed E-state index contributed by atoms with van der Waals surface area (Å²) in [7, 11) is 0. The molecule has 0 spiro atoms. The maximum absolute atomic E-state index is 12.2. The van der Waals surface area contributed by atoms with Gasteiger partial charge in [-0.3, -0.25) is 0 Å². The van der Waals surface area contributed by atoms with Crippen LogP contribution in [-0.4, -0.2) is 23.0 Å². The molecule has 0 aliphatic rings. The van der Waals surface area contributed by atoms with Gasteiger partial charge in [-0.05, 0) is 72.5 Å². The lowest BCUT2D eigenvalue weighted by molar-refractivity contribution is 0.0397. The van der Waals surface area contributed by atoms with E-state index in [2.05, 4.69) is 13.5 Å². The summed E-state index contributed by atoms with van der Waals surface area (Å²) in [5, 5.41) is 8.35. The van der Waals surface area contributed by atoms with Crippen LogP contribution in [0.3, 0.4) is 0 Å². The maximum Gasteiger partial charge on any atom is 0.346 e. The van der Waals surface area contributed by atoms with Crippen molar-refractivity contribution in [2.75, 3.05) is 0 Å². The molecule has 0 radical (unpaired) electrons. The van der Waals surface area contributed by atoms with Gasteiger partial charge in [-0.1, -0.05) is 75.9 Å². The van der Waals surface area contributed by atoms with Crippen molar-refractivity contribution >= 4 is 24.0 Å². The second-order valence-electron chi connectivity index (χ2n) is 8.53. The number of aromatic carboxylic acids is 1. The third-order valence-corrected chi connectivity index (χ3v) is 5.67. The molecule has 0 bridgehead atoms. The Hall–Kier alpha value is -4.06. The predicted molar refractivity (Wildman–Crippen MR) is 143 cm³/mol. The predicted octanol–water partition coefficient (Wildman–Crippen LogP) is 7.75. The molecule has 0 aliphatic carbocycles. The Morgan fingerprint density at radius 2 is 1.24 bits per heavy atom. The Kier molecular flexibility index (Phi) is 12.5. The van der Waals surface area contributed by atoms with Gasteiger partial charge in [-0.2, -0.15) is 0 Å². The van der Waals surface area contributed by atoms with Crippen molar-refractivity contribution in [2.45, 2.75) is 51.9 Å². The number of ether oxygens (including phenoxy) is 1. The van der Waals surface area contributed by atoms with Crippen molar-refractivity contribution in [3.8, 4) is 0 Å². The van der Waals surface area contributed by atoms with Crippen molar-refractivity contribution in [1.29, 1.82) is 0 Å². The third kappa shape index (κ3) is 10.6. The Morgan fingerprint density at radius 1 is 0.757 bits per heavy atom. The zero-order valence-electron chi connectivity index (χ0n) is 21.1. The quantitative estimate of drug-likeness (QED) is 0.164. The Morgan fingerprint density at radius 3 is 1.76 bits per heavy atom. The molecule has 0 atom stereocenters. The number of esters is 2. The SMILES string of the molecule is C=Cc1ccc(C(=O)OC(=O)c2ccc(CCCCCCCC)cc2)cc1.O=C(O)c1ccc(F)cc1. The van der Waals surface area contributed by atoms with Crippen molar-refractivity contribution < 1.29 is 28.6 Å². The van der Waals surface area contributed by atoms with Crippen LogP contribution < -0.4 is 0 Å². The lowest BCUT2D eigenvalue weighted by Crippen LogP contribution is -2.12. The third-order valence-electron chi connectivity index (χ3n) is 5.67. The van der Waals surface area contributed by atoms with Crippen LogP contribution >= 0.6 is 0 Å². The number of rotatable bonds is 11. The van der Waals surface area contributed by atoms with Gasteiger partial charge < -0.3 is 9.84 Å². The number of hydrogen-bond acceptors (Lipinski definition) is 4. The van der Waals surface area contributed by atoms with Crippen LogP contribution in [-0.2, 0) is 11.2 Å². The smallest absolute Gasteiger partial charge is 0.346 e. The minimum absolute atomic E-state index is 0.0985. The second-order valence-corrected chi connectivity index (χ2v) is 8.53. The number of halogens is 1. The lowest BCUT2D eigenvalue weighted by atomic mass is 10.0. The van der Waals surface area contributed by atoms with E-state index < -0.39 is 23.7 Å². The molecule has 0 heterocycles. The minimum Gasteiger partial charge on any atom is -0.478 e. The van der Waals surface area contributed by atoms with E-state index in [9.17, 15) is 18.8 Å². The van der Waals surface area contributed by atoms with Gasteiger partial charge in [0, 0.05) is 0 Å². The lowest BCUT2D eigenvalue weighted by Gasteiger charge is -2.05. The number of carboxylic acids is 1. The number of benzene rings is 3. The molecular formula is C31H33FO5. The molecule has 0 unspecified atom stereocenters. The molecule has 5 nitrogen and oxygen atoms in total. The summed E-state index contributed by atoms with van der Waals surface area (Å²) in [4.78, 5) is 34.4. The zero-order valence-corrected chi connectivity index (χ0v) is 21.1. The second kappa shape index (κ2) is 15.8. The van der Waals surface area contributed by atoms with E-state index in [0.717, 1.165) is 30.5 Å². The van der Waals surface area contributed by atoms with Crippen LogP contribution in [0.15, 0.2) is 79.4 Å². The summed E-state index contributed by atoms with van der Waals surface area (Å²) < 4.78 is 17.1. The summed E-state index contributed by atoms with van der Waals surface area (Å²) in [6.45, 7) is 5.89. The van der Waals surface area contributed by atoms with Crippen LogP contribution in [0, 0.1) is 5.82 Å². The first-order valence-corrected chi connectivity index (χ1v) is 12.4. The van der Waals surface area contributed by atoms with Gasteiger partial charge in [0.25, 0.3) is 0 Å². The van der Waals surface area contributed by atoms with Crippen LogP contribution in [0.5, 0.6) is 0 Å². The van der Waals surface area contributed by atoms with Crippen molar-refractivity contribution in [2.24, 2.45) is 0 Å². The first kappa shape index (κ1) is 29.2. The first-order valence-electron chi connectivity index (χ1n) is 12.4. The summed E-state index contributed by atoms with van der Waals surface area (Å²) >= 11 is 0. The molecule has 3 rings (SSSR count). The number of unbranched alkanes of at least 4 members (excludes halogenated alkanes) is 5. The first-order chi connectivity index (χ1) is 17.8. The van der Waals surface area contributed by atoms with E-state index in [1.54, 1.807) is 42.5 Å². The van der Waals surface area contributed by atoms with Crippen LogP contribution in [0.25, 0.3) is 6.08 Å². The average Bonchev–Trinajstić information content (AvgIpc) is 2.91. The zero-order chi connectivity index (χ0) is 27.0. The molecule has 0 saturated heterocycles. The molecule has 3 aromatic rings. The molecule has 0 aromatic heterocycles. The number of carbonyl (C=O) groups is 3. The highest BCUT2D eigenvalue weighted by atomic mass is 19.1. The molecule has 3 aromatic carbocycles. The largest absolute Gasteiger partial charge is 0.478 e. The molecule has 0 aliphatic heterocycles. The van der Waals surface area contributed by atoms with Crippen molar-refractivity contribution in [3.63, 3.8) is 0 Å². The summed E-state index contributed by atoms with van der Waals surface area (Å²) in [6.07, 6.45) is 10.3. The summed E-state index contributed by atoms with van der Waals surface area (Å²) in [5.74, 6) is -2.74. The van der Waals surface area contributed by atoms with E-state index in [0.29, 0.717) is 11.1 Å². The summed E-state index contributed by atoms with van der Waals surface area (Å²) in [5.41, 5.74) is 2.93. The highest BCUT2D eigenvalue weighted by molar-refractivity contribution is 6.02. The van der Waals surface area contributed by atoms with Gasteiger partial charge >= 0.3 is 17.9 Å². The van der Waals surface area contributed by atoms with E-state index in [1.165, 1.54) is 49.8 Å². The minimum atomic E-state index is -1.04. The van der Waals surface area contributed by atoms with Gasteiger partial charge in [0.15, 0.2) is 0 Å². The van der Waals surface area contributed by atoms with Gasteiger partial charge in [0.1, 0.15) is 5.82 Å². The van der Waals surface area contributed by atoms with E-state index in [-0.39, 0.29) is 5.56 Å². The average molecular weight is 505 g/mol. The van der Waals surface area contributed by atoms with Crippen LogP contribution in [0.4, 0.5) is 4.39 Å². The number of carboxylic acid groups (broad SMARTS) is 1. The number of hydrogen-bond donors (Lipinski definition) is 1. The fraction of sp³-hybridized carbons (Fsp3) is 0.258. The van der Waals surface area contributed by atoms with E-state index in [4.69, 9.17) is 9.84 Å². The molecule has 0 amide bonds. The van der Waals surface area contributed by atoms with Crippen molar-refractivity contribution in [3.05, 3.63) is 113 Å². The Bertz CT molecular complexity index is 1150. The van der Waals surface area contributed by atoms with Gasteiger partial charge in [0.05, 0.1) is 16.7 Å². The molecule has 0 saturated carbocycles. The maximum atomic E-state index is 12.2. The molecule has 6 heteroatoms. The van der Waals surface area contributed by atoms with Gasteiger partial charge in [0.2, 0.25) is 0 Å². The molecule has 37 heavy (non-hydrogen) atoms. The van der Waals surface area contributed by atoms with E-state index in [1.807, 2.05) is 12.1 Å². The van der Waals surface area contributed by atoms with Crippen molar-refractivity contribution in [1.82, 2.24) is 0 Å². The monoisotopic (exact) mass is 504 g/mol. The number of aryl methyl sites for hydroxylation is 1. The Labute approximate surface area is 217 Å². The van der Waals surface area contributed by atoms with Gasteiger partial charge in [-0.15, -0.1) is 0 Å². The fourth-order valence-corrected chi connectivity index (χ4v) is 3.47. The highest BCUT2D eigenvalue weighted by Crippen LogP contribution is 2.13. The van der Waals surface area contributed by atoms with E-state index >= 15 is 0 Å². The topological polar surface area (TPSA) is 80.7 Å². The standard InChI is InChI=1S/C24H28O3.C7H5FO2/c1-3-5-6-7-8-9-10-20-13-17-22(18-14-20)24(26)27-23(25)21-15-11-19(4-2)12-16-21;8-6-3-1-5(2-4-6)7(9)10/h4,11-18H,2-3,5-10H2,1H3;1-4H,(H,9,10). The van der Waals surface area contributed by atoms with Crippen LogP contribution in [0.2, 0.25) is 0 Å². The van der Waals surface area contributed by atoms with Crippen LogP contribution in [0.1, 0.15) is 87.6 Å². The molecular weight excluding hydrogens is 471 g/mol.